The van der Waals surface area contributed by atoms with Crippen molar-refractivity contribution in [3.05, 3.63) is 71.3 Å². The monoisotopic (exact) mass is 334 g/mol. The number of carbonyl (C=O) groups is 2. The first-order chi connectivity index (χ1) is 11.2. The Hall–Kier alpha value is -2.43. The van der Waals surface area contributed by atoms with E-state index in [-0.39, 0.29) is 11.6 Å². The summed E-state index contributed by atoms with van der Waals surface area (Å²) in [4.78, 5) is 24.0. The molecule has 0 N–H and O–H groups in total. The van der Waals surface area contributed by atoms with Crippen molar-refractivity contribution in [3.8, 4) is 0 Å². The average Bonchev–Trinajstić information content (AvgIpc) is 2.51. The van der Waals surface area contributed by atoms with E-state index < -0.39 is 23.6 Å². The van der Waals surface area contributed by atoms with Crippen molar-refractivity contribution in [1.29, 1.82) is 0 Å². The van der Waals surface area contributed by atoms with Crippen LogP contribution in [0.3, 0.4) is 0 Å². The van der Waals surface area contributed by atoms with E-state index >= 15 is 0 Å². The maximum Gasteiger partial charge on any atom is 0.416 e. The summed E-state index contributed by atoms with van der Waals surface area (Å²) in [7, 11) is 0. The lowest BCUT2D eigenvalue weighted by Crippen LogP contribution is -2.28. The topological polar surface area (TPSA) is 34.1 Å². The molecule has 0 bridgehead atoms. The van der Waals surface area contributed by atoms with Gasteiger partial charge in [0.15, 0.2) is 0 Å². The van der Waals surface area contributed by atoms with Crippen LogP contribution in [0.2, 0.25) is 0 Å². The van der Waals surface area contributed by atoms with Crippen molar-refractivity contribution in [2.24, 2.45) is 5.92 Å². The second-order valence-electron chi connectivity index (χ2n) is 5.71. The SMILES string of the molecule is CC(=O)C(C(C)=O)C(c1ccccc1)c1cccc(C(F)(F)F)c1. The molecule has 0 aliphatic carbocycles. The van der Waals surface area contributed by atoms with Gasteiger partial charge in [-0.25, -0.2) is 0 Å². The number of carbonyl (C=O) groups excluding carboxylic acids is 2. The summed E-state index contributed by atoms with van der Waals surface area (Å²) < 4.78 is 39.1. The van der Waals surface area contributed by atoms with Gasteiger partial charge >= 0.3 is 6.18 Å². The number of hydrogen-bond donors (Lipinski definition) is 0. The molecule has 2 aromatic carbocycles. The van der Waals surface area contributed by atoms with Crippen LogP contribution in [-0.4, -0.2) is 11.6 Å². The van der Waals surface area contributed by atoms with Gasteiger partial charge in [0.05, 0.1) is 11.5 Å². The van der Waals surface area contributed by atoms with E-state index in [0.717, 1.165) is 12.1 Å². The van der Waals surface area contributed by atoms with E-state index in [9.17, 15) is 22.8 Å². The van der Waals surface area contributed by atoms with Gasteiger partial charge in [-0.1, -0.05) is 48.5 Å². The second kappa shape index (κ2) is 6.99. The van der Waals surface area contributed by atoms with Gasteiger partial charge in [0.25, 0.3) is 0 Å². The summed E-state index contributed by atoms with van der Waals surface area (Å²) in [6, 6.07) is 13.5. The molecule has 2 nitrogen and oxygen atoms in total. The van der Waals surface area contributed by atoms with Gasteiger partial charge in [0.2, 0.25) is 0 Å². The fourth-order valence-electron chi connectivity index (χ4n) is 2.90. The summed E-state index contributed by atoms with van der Waals surface area (Å²) in [6.45, 7) is 2.57. The third-order valence-electron chi connectivity index (χ3n) is 3.94. The van der Waals surface area contributed by atoms with Gasteiger partial charge in [-0.3, -0.25) is 9.59 Å². The highest BCUT2D eigenvalue weighted by Crippen LogP contribution is 2.37. The van der Waals surface area contributed by atoms with Crippen molar-refractivity contribution in [3.63, 3.8) is 0 Å². The number of benzene rings is 2. The molecule has 0 amide bonds. The second-order valence-corrected chi connectivity index (χ2v) is 5.71. The van der Waals surface area contributed by atoms with Crippen LogP contribution in [0.15, 0.2) is 54.6 Å². The first-order valence-corrected chi connectivity index (χ1v) is 7.45. The van der Waals surface area contributed by atoms with Crippen molar-refractivity contribution in [2.45, 2.75) is 25.9 Å². The Labute approximate surface area is 138 Å². The van der Waals surface area contributed by atoms with E-state index in [1.165, 1.54) is 26.0 Å². The zero-order valence-corrected chi connectivity index (χ0v) is 13.3. The van der Waals surface area contributed by atoms with Crippen LogP contribution in [0.5, 0.6) is 0 Å². The molecule has 126 valence electrons. The maximum absolute atomic E-state index is 13.0. The molecule has 1 atom stereocenters. The van der Waals surface area contributed by atoms with Gasteiger partial charge in [-0.05, 0) is 31.0 Å². The fraction of sp³-hybridized carbons (Fsp3) is 0.263. The Kier molecular flexibility index (Phi) is 5.22. The summed E-state index contributed by atoms with van der Waals surface area (Å²) in [5.74, 6) is -2.50. The normalized spacial score (nSPS) is 12.9. The van der Waals surface area contributed by atoms with Gasteiger partial charge in [-0.15, -0.1) is 0 Å². The summed E-state index contributed by atoms with van der Waals surface area (Å²) in [6.07, 6.45) is -4.49. The molecule has 0 aliphatic rings. The van der Waals surface area contributed by atoms with Crippen molar-refractivity contribution >= 4 is 11.6 Å². The predicted octanol–water partition coefficient (Wildman–Crippen LogP) is 4.63. The summed E-state index contributed by atoms with van der Waals surface area (Å²) in [5.41, 5.74) is 0.130. The van der Waals surface area contributed by atoms with Gasteiger partial charge in [-0.2, -0.15) is 13.2 Å². The number of ketones is 2. The van der Waals surface area contributed by atoms with Gasteiger partial charge in [0.1, 0.15) is 11.6 Å². The van der Waals surface area contributed by atoms with Crippen LogP contribution < -0.4 is 0 Å². The molecule has 0 radical (unpaired) electrons. The van der Waals surface area contributed by atoms with E-state index in [1.807, 2.05) is 0 Å². The minimum atomic E-state index is -4.49. The van der Waals surface area contributed by atoms with Crippen LogP contribution in [-0.2, 0) is 15.8 Å². The van der Waals surface area contributed by atoms with Crippen molar-refractivity contribution in [2.75, 3.05) is 0 Å². The Balaban J connectivity index is 2.63. The van der Waals surface area contributed by atoms with Gasteiger partial charge < -0.3 is 0 Å². The third kappa shape index (κ3) is 3.91. The van der Waals surface area contributed by atoms with E-state index in [1.54, 1.807) is 30.3 Å². The molecule has 0 spiro atoms. The minimum absolute atomic E-state index is 0.298. The van der Waals surface area contributed by atoms with E-state index in [2.05, 4.69) is 0 Å². The Morgan fingerprint density at radius 2 is 1.38 bits per heavy atom. The maximum atomic E-state index is 13.0. The standard InChI is InChI=1S/C19H17F3O2/c1-12(23)17(13(2)24)18(14-7-4-3-5-8-14)15-9-6-10-16(11-15)19(20,21)22/h3-11,17-18H,1-2H3. The molecule has 2 rings (SSSR count). The Morgan fingerprint density at radius 1 is 0.833 bits per heavy atom. The molecule has 24 heavy (non-hydrogen) atoms. The molecule has 0 aliphatic heterocycles. The number of alkyl halides is 3. The largest absolute Gasteiger partial charge is 0.416 e. The highest BCUT2D eigenvalue weighted by molar-refractivity contribution is 6.01. The number of rotatable bonds is 5. The molecule has 5 heteroatoms. The van der Waals surface area contributed by atoms with Crippen LogP contribution in [0.4, 0.5) is 13.2 Å². The molecule has 0 fully saturated rings. The van der Waals surface area contributed by atoms with Crippen LogP contribution in [0, 0.1) is 5.92 Å². The van der Waals surface area contributed by atoms with Crippen LogP contribution in [0.1, 0.15) is 36.5 Å². The fourth-order valence-corrected chi connectivity index (χ4v) is 2.90. The predicted molar refractivity (Wildman–Crippen MR) is 84.6 cm³/mol. The lowest BCUT2D eigenvalue weighted by atomic mass is 9.76. The summed E-state index contributed by atoms with van der Waals surface area (Å²) >= 11 is 0. The molecule has 0 saturated heterocycles. The van der Waals surface area contributed by atoms with Crippen molar-refractivity contribution < 1.29 is 22.8 Å². The summed E-state index contributed by atoms with van der Waals surface area (Å²) in [5, 5.41) is 0. The highest BCUT2D eigenvalue weighted by Gasteiger charge is 2.35. The Morgan fingerprint density at radius 3 is 1.88 bits per heavy atom. The smallest absolute Gasteiger partial charge is 0.299 e. The number of Topliss-reactive ketones (excluding diaryl/α,β-unsaturated/α-hetero) is 2. The highest BCUT2D eigenvalue weighted by atomic mass is 19.4. The number of hydrogen-bond acceptors (Lipinski definition) is 2. The first kappa shape index (κ1) is 17.9. The molecular weight excluding hydrogens is 317 g/mol. The number of halogens is 3. The van der Waals surface area contributed by atoms with E-state index in [0.29, 0.717) is 11.1 Å². The zero-order valence-electron chi connectivity index (χ0n) is 13.3. The quantitative estimate of drug-likeness (QED) is 0.747. The lowest BCUT2D eigenvalue weighted by molar-refractivity contribution is -0.137. The third-order valence-corrected chi connectivity index (χ3v) is 3.94. The molecule has 0 heterocycles. The zero-order chi connectivity index (χ0) is 17.9. The van der Waals surface area contributed by atoms with E-state index in [4.69, 9.17) is 0 Å². The molecule has 0 saturated carbocycles. The first-order valence-electron chi connectivity index (χ1n) is 7.45. The van der Waals surface area contributed by atoms with Crippen molar-refractivity contribution in [1.82, 2.24) is 0 Å². The van der Waals surface area contributed by atoms with Gasteiger partial charge in [0, 0.05) is 5.92 Å². The average molecular weight is 334 g/mol. The molecular formula is C19H17F3O2. The lowest BCUT2D eigenvalue weighted by Gasteiger charge is -2.25. The van der Waals surface area contributed by atoms with Crippen LogP contribution in [0.25, 0.3) is 0 Å². The molecule has 0 aromatic heterocycles. The Bertz CT molecular complexity index is 722. The minimum Gasteiger partial charge on any atom is -0.299 e. The van der Waals surface area contributed by atoms with Crippen LogP contribution >= 0.6 is 0 Å². The molecule has 1 unspecified atom stereocenters. The molecule has 2 aromatic rings.